The van der Waals surface area contributed by atoms with Gasteiger partial charge in [0.2, 0.25) is 6.29 Å². The first-order chi connectivity index (χ1) is 12.1. The van der Waals surface area contributed by atoms with Gasteiger partial charge in [-0.2, -0.15) is 0 Å². The summed E-state index contributed by atoms with van der Waals surface area (Å²) in [5, 5.41) is 0. The van der Waals surface area contributed by atoms with Crippen molar-refractivity contribution in [2.75, 3.05) is 13.2 Å². The number of benzene rings is 1. The molecule has 3 rings (SSSR count). The molecule has 0 saturated carbocycles. The predicted molar refractivity (Wildman–Crippen MR) is 91.8 cm³/mol. The molecule has 134 valence electrons. The molecule has 0 bridgehead atoms. The van der Waals surface area contributed by atoms with Crippen LogP contribution < -0.4 is 0 Å². The van der Waals surface area contributed by atoms with Gasteiger partial charge in [-0.25, -0.2) is 4.79 Å². The molecule has 0 spiro atoms. The average molecular weight is 344 g/mol. The van der Waals surface area contributed by atoms with Crippen molar-refractivity contribution in [3.63, 3.8) is 0 Å². The molecule has 0 saturated heterocycles. The number of aryl methyl sites for hydroxylation is 1. The minimum Gasteiger partial charge on any atom is -0.466 e. The highest BCUT2D eigenvalue weighted by Crippen LogP contribution is 2.38. The number of rotatable bonds is 6. The molecular weight excluding hydrogens is 320 g/mol. The van der Waals surface area contributed by atoms with E-state index >= 15 is 0 Å². The third kappa shape index (κ3) is 3.93. The van der Waals surface area contributed by atoms with E-state index in [4.69, 9.17) is 14.2 Å². The van der Waals surface area contributed by atoms with Gasteiger partial charge in [0, 0.05) is 5.57 Å². The number of carbonyl (C=O) groups excluding carboxylic acids is 2. The van der Waals surface area contributed by atoms with Gasteiger partial charge in [0.25, 0.3) is 0 Å². The Balaban J connectivity index is 1.76. The lowest BCUT2D eigenvalue weighted by atomic mass is 9.76. The Hall–Kier alpha value is -2.14. The largest absolute Gasteiger partial charge is 0.466 e. The molecule has 3 unspecified atom stereocenters. The molecule has 2 aliphatic rings. The van der Waals surface area contributed by atoms with Crippen LogP contribution in [0.5, 0.6) is 0 Å². The number of hydrogen-bond acceptors (Lipinski definition) is 5. The average Bonchev–Trinajstić information content (AvgIpc) is 2.93. The third-order valence-corrected chi connectivity index (χ3v) is 4.86. The predicted octanol–water partition coefficient (Wildman–Crippen LogP) is 3.13. The molecule has 1 aliphatic heterocycles. The fourth-order valence-corrected chi connectivity index (χ4v) is 3.59. The smallest absolute Gasteiger partial charge is 0.336 e. The summed E-state index contributed by atoms with van der Waals surface area (Å²) in [6.07, 6.45) is 3.91. The maximum Gasteiger partial charge on any atom is 0.336 e. The maximum atomic E-state index is 12.6. The molecule has 25 heavy (non-hydrogen) atoms. The Kier molecular flexibility index (Phi) is 5.53. The van der Waals surface area contributed by atoms with Gasteiger partial charge >= 0.3 is 11.9 Å². The van der Waals surface area contributed by atoms with Gasteiger partial charge in [0.1, 0.15) is 0 Å². The number of fused-ring (bicyclic) bond motifs is 1. The fraction of sp³-hybridized carbons (Fsp3) is 0.500. The SMILES string of the molecule is CCOC(=O)C(COC1C=C(C)C(=O)O1)C1CCCc2ccccc21. The summed E-state index contributed by atoms with van der Waals surface area (Å²) in [5.74, 6) is -0.976. The van der Waals surface area contributed by atoms with Gasteiger partial charge in [-0.3, -0.25) is 4.79 Å². The van der Waals surface area contributed by atoms with Crippen LogP contribution in [0, 0.1) is 5.92 Å². The second kappa shape index (κ2) is 7.83. The van der Waals surface area contributed by atoms with Crippen molar-refractivity contribution in [2.24, 2.45) is 5.92 Å². The molecular formula is C20H24O5. The summed E-state index contributed by atoms with van der Waals surface area (Å²) in [4.78, 5) is 24.0. The minimum atomic E-state index is -0.719. The first-order valence-corrected chi connectivity index (χ1v) is 8.85. The highest BCUT2D eigenvalue weighted by molar-refractivity contribution is 5.89. The Morgan fingerprint density at radius 2 is 2.16 bits per heavy atom. The van der Waals surface area contributed by atoms with Gasteiger partial charge in [-0.1, -0.05) is 24.3 Å². The van der Waals surface area contributed by atoms with Crippen molar-refractivity contribution in [3.05, 3.63) is 47.0 Å². The normalized spacial score (nSPS) is 23.4. The molecule has 5 nitrogen and oxygen atoms in total. The number of esters is 2. The lowest BCUT2D eigenvalue weighted by molar-refractivity contribution is -0.166. The summed E-state index contributed by atoms with van der Waals surface area (Å²) in [7, 11) is 0. The van der Waals surface area contributed by atoms with Crippen LogP contribution in [0.3, 0.4) is 0 Å². The molecule has 0 N–H and O–H groups in total. The monoisotopic (exact) mass is 344 g/mol. The lowest BCUT2D eigenvalue weighted by Gasteiger charge is -2.31. The molecule has 1 aromatic carbocycles. The van der Waals surface area contributed by atoms with E-state index in [2.05, 4.69) is 12.1 Å². The standard InChI is InChI=1S/C20H24O5/c1-3-23-20(22)17(12-24-18-11-13(2)19(21)25-18)16-10-6-8-14-7-4-5-9-15(14)16/h4-5,7,9,11,16-18H,3,6,8,10,12H2,1-2H3. The van der Waals surface area contributed by atoms with Gasteiger partial charge < -0.3 is 14.2 Å². The molecule has 1 aliphatic carbocycles. The molecule has 0 aromatic heterocycles. The summed E-state index contributed by atoms with van der Waals surface area (Å²) in [6.45, 7) is 3.99. The van der Waals surface area contributed by atoms with Gasteiger partial charge in [-0.05, 0) is 56.2 Å². The van der Waals surface area contributed by atoms with Crippen molar-refractivity contribution in [1.29, 1.82) is 0 Å². The molecule has 1 heterocycles. The highest BCUT2D eigenvalue weighted by atomic mass is 16.7. The Morgan fingerprint density at radius 3 is 2.88 bits per heavy atom. The van der Waals surface area contributed by atoms with E-state index in [1.165, 1.54) is 11.1 Å². The van der Waals surface area contributed by atoms with E-state index in [0.717, 1.165) is 19.3 Å². The number of carbonyl (C=O) groups is 2. The maximum absolute atomic E-state index is 12.6. The van der Waals surface area contributed by atoms with Crippen LogP contribution in [0.1, 0.15) is 43.7 Å². The zero-order valence-electron chi connectivity index (χ0n) is 14.7. The van der Waals surface area contributed by atoms with Crippen LogP contribution in [-0.2, 0) is 30.2 Å². The topological polar surface area (TPSA) is 61.8 Å². The summed E-state index contributed by atoms with van der Waals surface area (Å²) in [6, 6.07) is 8.24. The summed E-state index contributed by atoms with van der Waals surface area (Å²) in [5.41, 5.74) is 3.02. The van der Waals surface area contributed by atoms with Crippen LogP contribution >= 0.6 is 0 Å². The molecule has 5 heteroatoms. The summed E-state index contributed by atoms with van der Waals surface area (Å²) < 4.78 is 16.1. The van der Waals surface area contributed by atoms with E-state index in [9.17, 15) is 9.59 Å². The highest BCUT2D eigenvalue weighted by Gasteiger charge is 2.35. The Morgan fingerprint density at radius 1 is 1.36 bits per heavy atom. The minimum absolute atomic E-state index is 0.0613. The van der Waals surface area contributed by atoms with Crippen molar-refractivity contribution in [1.82, 2.24) is 0 Å². The molecule has 0 radical (unpaired) electrons. The van der Waals surface area contributed by atoms with Gasteiger partial charge in [0.15, 0.2) is 0 Å². The molecule has 0 amide bonds. The zero-order valence-corrected chi connectivity index (χ0v) is 14.7. The van der Waals surface area contributed by atoms with Crippen LogP contribution in [0.4, 0.5) is 0 Å². The van der Waals surface area contributed by atoms with Crippen LogP contribution in [0.15, 0.2) is 35.9 Å². The van der Waals surface area contributed by atoms with Crippen LogP contribution in [0.25, 0.3) is 0 Å². The third-order valence-electron chi connectivity index (χ3n) is 4.86. The van der Waals surface area contributed by atoms with E-state index < -0.39 is 12.2 Å². The fourth-order valence-electron chi connectivity index (χ4n) is 3.59. The first-order valence-electron chi connectivity index (χ1n) is 8.85. The first kappa shape index (κ1) is 17.7. The Labute approximate surface area is 148 Å². The van der Waals surface area contributed by atoms with Crippen molar-refractivity contribution in [3.8, 4) is 0 Å². The van der Waals surface area contributed by atoms with E-state index in [0.29, 0.717) is 12.2 Å². The summed E-state index contributed by atoms with van der Waals surface area (Å²) >= 11 is 0. The molecule has 1 aromatic rings. The second-order valence-corrected chi connectivity index (χ2v) is 6.51. The van der Waals surface area contributed by atoms with Crippen molar-refractivity contribution in [2.45, 2.75) is 45.3 Å². The van der Waals surface area contributed by atoms with E-state index in [1.807, 2.05) is 12.1 Å². The van der Waals surface area contributed by atoms with E-state index in [-0.39, 0.29) is 24.5 Å². The number of hydrogen-bond donors (Lipinski definition) is 0. The number of ether oxygens (including phenoxy) is 3. The lowest BCUT2D eigenvalue weighted by Crippen LogP contribution is -2.32. The molecule has 0 fully saturated rings. The van der Waals surface area contributed by atoms with Crippen molar-refractivity contribution >= 4 is 11.9 Å². The number of cyclic esters (lactones) is 1. The van der Waals surface area contributed by atoms with E-state index in [1.54, 1.807) is 19.9 Å². The van der Waals surface area contributed by atoms with Gasteiger partial charge in [-0.15, -0.1) is 0 Å². The quantitative estimate of drug-likeness (QED) is 0.742. The van der Waals surface area contributed by atoms with Crippen LogP contribution in [0.2, 0.25) is 0 Å². The molecule has 3 atom stereocenters. The van der Waals surface area contributed by atoms with Gasteiger partial charge in [0.05, 0.1) is 19.1 Å². The second-order valence-electron chi connectivity index (χ2n) is 6.51. The van der Waals surface area contributed by atoms with Crippen molar-refractivity contribution < 1.29 is 23.8 Å². The zero-order chi connectivity index (χ0) is 17.8. The van der Waals surface area contributed by atoms with Crippen LogP contribution in [-0.4, -0.2) is 31.4 Å². The Bertz CT molecular complexity index is 678.